The van der Waals surface area contributed by atoms with E-state index in [4.69, 9.17) is 0 Å². The summed E-state index contributed by atoms with van der Waals surface area (Å²) in [5.74, 6) is 0. The largest absolute Gasteiger partial charge is 0.393 e. The van der Waals surface area contributed by atoms with Gasteiger partial charge in [-0.25, -0.2) is 0 Å². The summed E-state index contributed by atoms with van der Waals surface area (Å²) in [4.78, 5) is 11.0. The number of nitrogens with zero attached hydrogens (tertiary/aromatic N) is 1. The maximum absolute atomic E-state index is 11.4. The Morgan fingerprint density at radius 3 is 2.18 bits per heavy atom. The summed E-state index contributed by atoms with van der Waals surface area (Å²) in [6, 6.07) is 8.65. The Morgan fingerprint density at radius 1 is 1.35 bits per heavy atom. The van der Waals surface area contributed by atoms with Crippen molar-refractivity contribution in [3.63, 3.8) is 0 Å². The smallest absolute Gasteiger partial charge is 0.307 e. The highest BCUT2D eigenvalue weighted by atomic mass is 79.9. The van der Waals surface area contributed by atoms with Gasteiger partial charge in [-0.2, -0.15) is 0 Å². The fourth-order valence-electron chi connectivity index (χ4n) is 1.65. The van der Waals surface area contributed by atoms with Crippen LogP contribution in [0.3, 0.4) is 0 Å². The van der Waals surface area contributed by atoms with E-state index in [-0.39, 0.29) is 0 Å². The van der Waals surface area contributed by atoms with Gasteiger partial charge in [0.1, 0.15) is 0 Å². The van der Waals surface area contributed by atoms with Crippen molar-refractivity contribution in [1.29, 1.82) is 0 Å². The van der Waals surface area contributed by atoms with Crippen molar-refractivity contribution in [3.05, 3.63) is 46.0 Å². The number of hydrogen-bond acceptors (Lipinski definition) is 3. The van der Waals surface area contributed by atoms with E-state index in [1.54, 1.807) is 51.1 Å². The zero-order chi connectivity index (χ0) is 13.3. The van der Waals surface area contributed by atoms with E-state index >= 15 is 0 Å². The van der Waals surface area contributed by atoms with Gasteiger partial charge in [0, 0.05) is 26.4 Å². The molecule has 0 heterocycles. The number of alkyl halides is 1. The zero-order valence-electron chi connectivity index (χ0n) is 10.1. The van der Waals surface area contributed by atoms with E-state index in [1.807, 2.05) is 0 Å². The van der Waals surface area contributed by atoms with Gasteiger partial charge in [0.25, 0.3) is 0 Å². The molecule has 94 valence electrons. The summed E-state index contributed by atoms with van der Waals surface area (Å²) in [5, 5.41) is 21.2. The highest BCUT2D eigenvalue weighted by Gasteiger charge is 2.57. The highest BCUT2D eigenvalue weighted by molar-refractivity contribution is 9.09. The van der Waals surface area contributed by atoms with E-state index in [0.717, 1.165) is 0 Å². The van der Waals surface area contributed by atoms with Gasteiger partial charge in [0.2, 0.25) is 0 Å². The zero-order valence-corrected chi connectivity index (χ0v) is 11.6. The third-order valence-corrected chi connectivity index (χ3v) is 5.08. The average Bonchev–Trinajstić information content (AvgIpc) is 2.28. The first kappa shape index (κ1) is 14.1. The van der Waals surface area contributed by atoms with Gasteiger partial charge in [-0.05, 0) is 20.8 Å². The van der Waals surface area contributed by atoms with E-state index in [2.05, 4.69) is 15.9 Å². The fraction of sp³-hybridized carbons (Fsp3) is 0.500. The van der Waals surface area contributed by atoms with Gasteiger partial charge < -0.3 is 5.11 Å². The Balaban J connectivity index is 3.40. The van der Waals surface area contributed by atoms with E-state index < -0.39 is 20.9 Å². The number of rotatable bonds is 4. The van der Waals surface area contributed by atoms with Gasteiger partial charge in [0.15, 0.2) is 0 Å². The Labute approximate surface area is 109 Å². The lowest BCUT2D eigenvalue weighted by molar-refractivity contribution is -0.566. The molecule has 0 saturated heterocycles. The predicted octanol–water partition coefficient (Wildman–Crippen LogP) is 2.92. The standard InChI is InChI=1S/C12H16BrNO3/c1-9(15)11(2,3)12(13,14(16)17)10-7-5-4-6-8-10/h4-9,15H,1-3H3. The van der Waals surface area contributed by atoms with Gasteiger partial charge in [-0.1, -0.05) is 30.3 Å². The monoisotopic (exact) mass is 301 g/mol. The number of aliphatic hydroxyl groups is 1. The molecule has 0 fully saturated rings. The first-order valence-electron chi connectivity index (χ1n) is 5.31. The van der Waals surface area contributed by atoms with Crippen LogP contribution in [0, 0.1) is 15.5 Å². The summed E-state index contributed by atoms with van der Waals surface area (Å²) in [7, 11) is 0. The summed E-state index contributed by atoms with van der Waals surface area (Å²) in [6.45, 7) is 4.90. The van der Waals surface area contributed by atoms with E-state index in [0.29, 0.717) is 5.56 Å². The van der Waals surface area contributed by atoms with Crippen LogP contribution in [0.5, 0.6) is 0 Å². The molecule has 5 heteroatoms. The molecule has 0 aromatic heterocycles. The van der Waals surface area contributed by atoms with Crippen LogP contribution in [0.25, 0.3) is 0 Å². The molecule has 0 radical (unpaired) electrons. The molecule has 0 aliphatic carbocycles. The Hall–Kier alpha value is -0.940. The van der Waals surface area contributed by atoms with Crippen LogP contribution in [0.2, 0.25) is 0 Å². The minimum atomic E-state index is -1.50. The van der Waals surface area contributed by atoms with Crippen LogP contribution in [0.4, 0.5) is 0 Å². The molecule has 2 unspecified atom stereocenters. The number of hydrogen-bond donors (Lipinski definition) is 1. The summed E-state index contributed by atoms with van der Waals surface area (Å²) in [5.41, 5.74) is -0.423. The van der Waals surface area contributed by atoms with Crippen molar-refractivity contribution in [2.24, 2.45) is 5.41 Å². The molecule has 0 amide bonds. The fourth-order valence-corrected chi connectivity index (χ4v) is 2.24. The van der Waals surface area contributed by atoms with Crippen LogP contribution in [-0.2, 0) is 4.45 Å². The minimum Gasteiger partial charge on any atom is -0.393 e. The molecule has 1 rings (SSSR count). The Morgan fingerprint density at radius 2 is 1.82 bits per heavy atom. The lowest BCUT2D eigenvalue weighted by Crippen LogP contribution is -2.49. The normalized spacial score (nSPS) is 17.2. The molecule has 0 spiro atoms. The highest BCUT2D eigenvalue weighted by Crippen LogP contribution is 2.49. The summed E-state index contributed by atoms with van der Waals surface area (Å²) >= 11 is 3.22. The molecule has 0 aliphatic rings. The summed E-state index contributed by atoms with van der Waals surface area (Å²) in [6.07, 6.45) is -0.826. The summed E-state index contributed by atoms with van der Waals surface area (Å²) < 4.78 is -1.50. The molecule has 0 aliphatic heterocycles. The number of halogens is 1. The average molecular weight is 302 g/mol. The molecule has 0 saturated carbocycles. The molecule has 1 aromatic carbocycles. The second-order valence-corrected chi connectivity index (χ2v) is 5.79. The third kappa shape index (κ3) is 2.21. The maximum atomic E-state index is 11.4. The van der Waals surface area contributed by atoms with E-state index in [9.17, 15) is 15.2 Å². The van der Waals surface area contributed by atoms with Gasteiger partial charge >= 0.3 is 4.45 Å². The van der Waals surface area contributed by atoms with E-state index in [1.165, 1.54) is 0 Å². The second-order valence-electron chi connectivity index (χ2n) is 4.64. The van der Waals surface area contributed by atoms with Crippen LogP contribution in [0.15, 0.2) is 30.3 Å². The number of benzene rings is 1. The lowest BCUT2D eigenvalue weighted by atomic mass is 9.76. The molecular weight excluding hydrogens is 286 g/mol. The minimum absolute atomic E-state index is 0.394. The molecule has 0 bridgehead atoms. The number of aliphatic hydroxyl groups excluding tert-OH is 1. The number of nitro groups is 1. The first-order chi connectivity index (χ1) is 7.74. The van der Waals surface area contributed by atoms with Gasteiger partial charge in [0.05, 0.1) is 11.5 Å². The molecule has 1 N–H and O–H groups in total. The molecule has 4 nitrogen and oxygen atoms in total. The van der Waals surface area contributed by atoms with Crippen molar-refractivity contribution in [2.75, 3.05) is 0 Å². The van der Waals surface area contributed by atoms with Crippen LogP contribution < -0.4 is 0 Å². The maximum Gasteiger partial charge on any atom is 0.307 e. The second kappa shape index (κ2) is 4.74. The molecule has 2 atom stereocenters. The SMILES string of the molecule is CC(O)C(C)(C)C(Br)(c1ccccc1)[N+](=O)[O-]. The lowest BCUT2D eigenvalue weighted by Gasteiger charge is -2.37. The van der Waals surface area contributed by atoms with Crippen molar-refractivity contribution >= 4 is 15.9 Å². The van der Waals surface area contributed by atoms with Crippen molar-refractivity contribution < 1.29 is 10.0 Å². The van der Waals surface area contributed by atoms with Gasteiger partial charge in [-0.3, -0.25) is 10.1 Å². The third-order valence-electron chi connectivity index (χ3n) is 3.31. The topological polar surface area (TPSA) is 63.4 Å². The molecule has 17 heavy (non-hydrogen) atoms. The first-order valence-corrected chi connectivity index (χ1v) is 6.11. The molecule has 1 aromatic rings. The Kier molecular flexibility index (Phi) is 3.94. The molecular formula is C12H16BrNO3. The van der Waals surface area contributed by atoms with Crippen LogP contribution in [0.1, 0.15) is 26.3 Å². The van der Waals surface area contributed by atoms with Gasteiger partial charge in [-0.15, -0.1) is 0 Å². The quantitative estimate of drug-likeness (QED) is 0.402. The van der Waals surface area contributed by atoms with Crippen molar-refractivity contribution in [1.82, 2.24) is 0 Å². The predicted molar refractivity (Wildman–Crippen MR) is 69.5 cm³/mol. The van der Waals surface area contributed by atoms with Crippen molar-refractivity contribution in [2.45, 2.75) is 31.3 Å². The Bertz CT molecular complexity index is 405. The van der Waals surface area contributed by atoms with Crippen LogP contribution >= 0.6 is 15.9 Å². The van der Waals surface area contributed by atoms with Crippen molar-refractivity contribution in [3.8, 4) is 0 Å². The van der Waals surface area contributed by atoms with Crippen LogP contribution in [-0.4, -0.2) is 16.1 Å².